The Hall–Kier alpha value is -0.830. The largest absolute Gasteiger partial charge is 0.468 e. The van der Waals surface area contributed by atoms with E-state index in [2.05, 4.69) is 4.74 Å². The summed E-state index contributed by atoms with van der Waals surface area (Å²) in [6.07, 6.45) is -0.190. The molecule has 0 fully saturated rings. The van der Waals surface area contributed by atoms with Gasteiger partial charge in [-0.1, -0.05) is 0 Å². The van der Waals surface area contributed by atoms with E-state index in [4.69, 9.17) is 4.74 Å². The molecule has 0 bridgehead atoms. The highest BCUT2D eigenvalue weighted by Gasteiger charge is 2.34. The molecule has 0 rings (SSSR count). The molecule has 88 valence electrons. The van der Waals surface area contributed by atoms with Crippen molar-refractivity contribution in [2.45, 2.75) is 19.0 Å². The molecule has 6 heteroatoms. The van der Waals surface area contributed by atoms with Crippen molar-refractivity contribution < 1.29 is 23.6 Å². The normalized spacial score (nSPS) is 13.1. The van der Waals surface area contributed by atoms with Crippen LogP contribution in [-0.2, 0) is 23.6 Å². The van der Waals surface area contributed by atoms with E-state index < -0.39 is 24.7 Å². The lowest BCUT2D eigenvalue weighted by atomic mass is 10.3. The molecule has 5 nitrogen and oxygen atoms in total. The fourth-order valence-electron chi connectivity index (χ4n) is 1.07. The third kappa shape index (κ3) is 4.98. The zero-order valence-electron chi connectivity index (χ0n) is 9.48. The lowest BCUT2D eigenvalue weighted by Gasteiger charge is -2.17. The van der Waals surface area contributed by atoms with Crippen LogP contribution in [0.25, 0.3) is 0 Å². The average molecular weight is 236 g/mol. The van der Waals surface area contributed by atoms with Crippen molar-refractivity contribution in [1.82, 2.24) is 0 Å². The van der Waals surface area contributed by atoms with E-state index >= 15 is 0 Å². The lowest BCUT2D eigenvalue weighted by molar-refractivity contribution is -0.148. The summed E-state index contributed by atoms with van der Waals surface area (Å²) >= 11 is 0. The molecular weight excluding hydrogens is 219 g/mol. The van der Waals surface area contributed by atoms with Crippen LogP contribution in [0.1, 0.15) is 13.3 Å². The van der Waals surface area contributed by atoms with Crippen LogP contribution in [0.15, 0.2) is 0 Å². The van der Waals surface area contributed by atoms with Crippen LogP contribution in [0.5, 0.6) is 0 Å². The second kappa shape index (κ2) is 5.91. The average Bonchev–Trinajstić information content (AvgIpc) is 2.12. The SMILES string of the molecule is CCOC(=O)CC(C(=O)OC)P(C)(C)=O. The summed E-state index contributed by atoms with van der Waals surface area (Å²) in [6.45, 7) is 4.81. The molecule has 0 aliphatic heterocycles. The number of hydrogen-bond acceptors (Lipinski definition) is 5. The summed E-state index contributed by atoms with van der Waals surface area (Å²) in [6, 6.07) is 0. The van der Waals surface area contributed by atoms with Gasteiger partial charge in [0.2, 0.25) is 0 Å². The molecule has 0 aromatic carbocycles. The summed E-state index contributed by atoms with van der Waals surface area (Å²) in [4.78, 5) is 22.5. The van der Waals surface area contributed by atoms with Gasteiger partial charge < -0.3 is 14.0 Å². The molecule has 0 amide bonds. The van der Waals surface area contributed by atoms with Gasteiger partial charge in [0, 0.05) is 0 Å². The summed E-state index contributed by atoms with van der Waals surface area (Å²) < 4.78 is 20.9. The van der Waals surface area contributed by atoms with Crippen molar-refractivity contribution in [2.75, 3.05) is 27.0 Å². The zero-order chi connectivity index (χ0) is 12.1. The van der Waals surface area contributed by atoms with Crippen LogP contribution in [0.3, 0.4) is 0 Å². The Kier molecular flexibility index (Phi) is 5.58. The molecule has 15 heavy (non-hydrogen) atoms. The van der Waals surface area contributed by atoms with Crippen LogP contribution in [0.2, 0.25) is 0 Å². The highest BCUT2D eigenvalue weighted by molar-refractivity contribution is 7.64. The van der Waals surface area contributed by atoms with Crippen molar-refractivity contribution in [3.8, 4) is 0 Å². The first-order chi connectivity index (χ1) is 6.82. The van der Waals surface area contributed by atoms with Gasteiger partial charge in [0.1, 0.15) is 5.66 Å². The Labute approximate surface area is 89.5 Å². The molecule has 0 aromatic heterocycles. The highest BCUT2D eigenvalue weighted by Crippen LogP contribution is 2.44. The molecule has 0 radical (unpaired) electrons. The minimum Gasteiger partial charge on any atom is -0.468 e. The first-order valence-electron chi connectivity index (χ1n) is 4.61. The van der Waals surface area contributed by atoms with Crippen molar-refractivity contribution in [1.29, 1.82) is 0 Å². The summed E-state index contributed by atoms with van der Waals surface area (Å²) in [5.41, 5.74) is -0.901. The van der Waals surface area contributed by atoms with Crippen LogP contribution >= 0.6 is 7.14 Å². The van der Waals surface area contributed by atoms with E-state index in [0.717, 1.165) is 0 Å². The number of rotatable bonds is 5. The van der Waals surface area contributed by atoms with E-state index in [1.54, 1.807) is 6.92 Å². The fraction of sp³-hybridized carbons (Fsp3) is 0.778. The van der Waals surface area contributed by atoms with E-state index in [1.807, 2.05) is 0 Å². The highest BCUT2D eigenvalue weighted by atomic mass is 31.2. The van der Waals surface area contributed by atoms with E-state index in [0.29, 0.717) is 0 Å². The molecule has 0 aliphatic rings. The summed E-state index contributed by atoms with van der Waals surface area (Å²) in [5.74, 6) is -1.16. The number of carbonyl (C=O) groups excluding carboxylic acids is 2. The van der Waals surface area contributed by atoms with Gasteiger partial charge in [0.05, 0.1) is 27.3 Å². The minimum atomic E-state index is -2.70. The van der Waals surface area contributed by atoms with Gasteiger partial charge in [0.15, 0.2) is 0 Å². The third-order valence-electron chi connectivity index (χ3n) is 1.89. The van der Waals surface area contributed by atoms with Crippen LogP contribution < -0.4 is 0 Å². The molecule has 0 aliphatic carbocycles. The molecule has 0 aromatic rings. The van der Waals surface area contributed by atoms with Gasteiger partial charge in [0.25, 0.3) is 0 Å². The van der Waals surface area contributed by atoms with Gasteiger partial charge in [-0.25, -0.2) is 0 Å². The van der Waals surface area contributed by atoms with E-state index in [1.165, 1.54) is 20.4 Å². The molecule has 0 N–H and O–H groups in total. The fourth-order valence-corrected chi connectivity index (χ4v) is 2.27. The third-order valence-corrected chi connectivity index (χ3v) is 3.78. The molecule has 0 saturated heterocycles. The predicted octanol–water partition coefficient (Wildman–Crippen LogP) is 1.10. The predicted molar refractivity (Wildman–Crippen MR) is 56.5 cm³/mol. The van der Waals surface area contributed by atoms with Gasteiger partial charge in [-0.05, 0) is 20.3 Å². The quantitative estimate of drug-likeness (QED) is 0.528. The molecule has 1 unspecified atom stereocenters. The minimum absolute atomic E-state index is 0.190. The molecule has 1 atom stereocenters. The Morgan fingerprint density at radius 3 is 2.20 bits per heavy atom. The van der Waals surface area contributed by atoms with Crippen LogP contribution in [-0.4, -0.2) is 44.6 Å². The van der Waals surface area contributed by atoms with Crippen molar-refractivity contribution in [2.24, 2.45) is 0 Å². The maximum Gasteiger partial charge on any atom is 0.316 e. The maximum absolute atomic E-state index is 11.7. The Morgan fingerprint density at radius 1 is 1.33 bits per heavy atom. The van der Waals surface area contributed by atoms with Crippen LogP contribution in [0, 0.1) is 0 Å². The van der Waals surface area contributed by atoms with Crippen molar-refractivity contribution in [3.63, 3.8) is 0 Å². The molecule has 0 heterocycles. The zero-order valence-corrected chi connectivity index (χ0v) is 10.4. The van der Waals surface area contributed by atoms with Crippen molar-refractivity contribution >= 4 is 19.1 Å². The second-order valence-electron chi connectivity index (χ2n) is 3.48. The number of carbonyl (C=O) groups is 2. The lowest BCUT2D eigenvalue weighted by Crippen LogP contribution is -2.26. The number of hydrogen-bond donors (Lipinski definition) is 0. The van der Waals surface area contributed by atoms with Crippen LogP contribution in [0.4, 0.5) is 0 Å². The number of methoxy groups -OCH3 is 1. The molecular formula is C9H17O5P. The van der Waals surface area contributed by atoms with E-state index in [9.17, 15) is 14.2 Å². The van der Waals surface area contributed by atoms with Gasteiger partial charge in [-0.15, -0.1) is 0 Å². The maximum atomic E-state index is 11.7. The first-order valence-corrected chi connectivity index (χ1v) is 7.28. The van der Waals surface area contributed by atoms with Gasteiger partial charge in [-0.2, -0.15) is 0 Å². The standard InChI is InChI=1S/C9H17O5P/c1-5-14-8(10)6-7(9(11)13-2)15(3,4)12/h7H,5-6H2,1-4H3. The monoisotopic (exact) mass is 236 g/mol. The first kappa shape index (κ1) is 14.2. The Bertz CT molecular complexity index is 280. The second-order valence-corrected chi connectivity index (χ2v) is 6.97. The van der Waals surface area contributed by atoms with Crippen molar-refractivity contribution in [3.05, 3.63) is 0 Å². The van der Waals surface area contributed by atoms with E-state index in [-0.39, 0.29) is 13.0 Å². The summed E-state index contributed by atoms with van der Waals surface area (Å²) in [5, 5.41) is 0. The number of ether oxygens (including phenoxy) is 2. The van der Waals surface area contributed by atoms with Gasteiger partial charge >= 0.3 is 11.9 Å². The molecule has 0 spiro atoms. The smallest absolute Gasteiger partial charge is 0.316 e. The number of esters is 2. The summed E-state index contributed by atoms with van der Waals surface area (Å²) in [7, 11) is -1.50. The Morgan fingerprint density at radius 2 is 1.87 bits per heavy atom. The Balaban J connectivity index is 4.60. The van der Waals surface area contributed by atoms with Gasteiger partial charge in [-0.3, -0.25) is 9.59 Å². The molecule has 0 saturated carbocycles. The topological polar surface area (TPSA) is 69.7 Å².